The van der Waals surface area contributed by atoms with E-state index in [9.17, 15) is 9.90 Å². The summed E-state index contributed by atoms with van der Waals surface area (Å²) < 4.78 is 0. The first kappa shape index (κ1) is 21.7. The molecule has 26 heavy (non-hydrogen) atoms. The van der Waals surface area contributed by atoms with E-state index in [0.29, 0.717) is 16.7 Å². The van der Waals surface area contributed by atoms with Gasteiger partial charge in [-0.15, -0.1) is 22.9 Å². The number of carboxylic acid groups (broad SMARTS) is 1. The van der Waals surface area contributed by atoms with Crippen LogP contribution in [0.1, 0.15) is 85.7 Å². The van der Waals surface area contributed by atoms with Gasteiger partial charge in [-0.25, -0.2) is 4.79 Å². The number of halogens is 1. The van der Waals surface area contributed by atoms with Crippen molar-refractivity contribution in [1.29, 1.82) is 0 Å². The minimum absolute atomic E-state index is 0.0769. The van der Waals surface area contributed by atoms with Gasteiger partial charge in [0.15, 0.2) is 0 Å². The van der Waals surface area contributed by atoms with Crippen LogP contribution in [0, 0.1) is 11.8 Å². The number of carboxylic acids is 1. The van der Waals surface area contributed by atoms with Crippen molar-refractivity contribution in [3.05, 3.63) is 21.9 Å². The number of unbranched alkanes of at least 4 members (excludes halogenated alkanes) is 5. The number of carbonyl (C=O) groups is 1. The molecule has 5 heteroatoms. The van der Waals surface area contributed by atoms with Gasteiger partial charge in [-0.2, -0.15) is 0 Å². The maximum absolute atomic E-state index is 11.0. The number of rotatable bonds is 12. The van der Waals surface area contributed by atoms with Gasteiger partial charge in [0.1, 0.15) is 4.88 Å². The molecule has 1 aromatic rings. The second-order valence-electron chi connectivity index (χ2n) is 7.67. The maximum Gasteiger partial charge on any atom is 0.345 e. The molecule has 0 bridgehead atoms. The normalized spacial score (nSPS) is 25.7. The average Bonchev–Trinajstić information content (AvgIpc) is 3.17. The molecule has 2 N–H and O–H groups in total. The molecule has 1 aliphatic rings. The monoisotopic (exact) mass is 400 g/mol. The number of hydrogen-bond acceptors (Lipinski definition) is 3. The van der Waals surface area contributed by atoms with Crippen molar-refractivity contribution < 1.29 is 15.0 Å². The van der Waals surface area contributed by atoms with Crippen molar-refractivity contribution in [2.45, 2.75) is 89.0 Å². The highest BCUT2D eigenvalue weighted by atomic mass is 35.5. The van der Waals surface area contributed by atoms with Crippen LogP contribution in [0.25, 0.3) is 0 Å². The third-order valence-corrected chi connectivity index (χ3v) is 7.33. The Balaban J connectivity index is 1.74. The zero-order chi connectivity index (χ0) is 18.9. The largest absolute Gasteiger partial charge is 0.477 e. The fourth-order valence-electron chi connectivity index (χ4n) is 4.23. The zero-order valence-corrected chi connectivity index (χ0v) is 17.4. The van der Waals surface area contributed by atoms with E-state index in [1.165, 1.54) is 49.9 Å². The Morgan fingerprint density at radius 2 is 1.81 bits per heavy atom. The van der Waals surface area contributed by atoms with Gasteiger partial charge in [-0.3, -0.25) is 0 Å². The van der Waals surface area contributed by atoms with Crippen LogP contribution in [0.4, 0.5) is 0 Å². The van der Waals surface area contributed by atoms with Crippen LogP contribution in [0.2, 0.25) is 0 Å². The molecule has 0 amide bonds. The summed E-state index contributed by atoms with van der Waals surface area (Å²) in [4.78, 5) is 12.5. The lowest BCUT2D eigenvalue weighted by molar-refractivity contribution is 0.0702. The molecule has 4 atom stereocenters. The molecule has 0 saturated heterocycles. The van der Waals surface area contributed by atoms with E-state index in [0.717, 1.165) is 37.0 Å². The third-order valence-electron chi connectivity index (χ3n) is 5.70. The average molecular weight is 401 g/mol. The summed E-state index contributed by atoms with van der Waals surface area (Å²) in [5.41, 5.74) is 0. The molecule has 2 unspecified atom stereocenters. The SMILES string of the molecule is CCCCCCCCC1[C@@H](CCCc2ccc(C(=O)O)s2)C(Cl)C[C@H]1O. The third kappa shape index (κ3) is 6.54. The summed E-state index contributed by atoms with van der Waals surface area (Å²) in [5, 5.41) is 19.5. The Bertz CT molecular complexity index is 545. The lowest BCUT2D eigenvalue weighted by Gasteiger charge is -2.23. The highest BCUT2D eigenvalue weighted by molar-refractivity contribution is 7.13. The van der Waals surface area contributed by atoms with E-state index in [-0.39, 0.29) is 11.5 Å². The molecule has 0 radical (unpaired) electrons. The van der Waals surface area contributed by atoms with E-state index in [4.69, 9.17) is 16.7 Å². The molecule has 1 fully saturated rings. The van der Waals surface area contributed by atoms with Crippen molar-refractivity contribution in [2.75, 3.05) is 0 Å². The first-order chi connectivity index (χ1) is 12.5. The second-order valence-corrected chi connectivity index (χ2v) is 9.40. The van der Waals surface area contributed by atoms with Crippen LogP contribution in [-0.2, 0) is 6.42 Å². The molecule has 0 aromatic carbocycles. The maximum atomic E-state index is 11.0. The molecule has 2 rings (SSSR count). The number of aliphatic hydroxyl groups excluding tert-OH is 1. The summed E-state index contributed by atoms with van der Waals surface area (Å²) in [6.45, 7) is 2.23. The fourth-order valence-corrected chi connectivity index (χ4v) is 5.62. The van der Waals surface area contributed by atoms with Crippen LogP contribution < -0.4 is 0 Å². The van der Waals surface area contributed by atoms with Crippen LogP contribution in [0.15, 0.2) is 12.1 Å². The second kappa shape index (κ2) is 11.3. The van der Waals surface area contributed by atoms with Crippen LogP contribution in [0.5, 0.6) is 0 Å². The summed E-state index contributed by atoms with van der Waals surface area (Å²) >= 11 is 7.91. The molecule has 0 aliphatic heterocycles. The number of aromatic carboxylic acids is 1. The van der Waals surface area contributed by atoms with E-state index in [2.05, 4.69) is 6.92 Å². The van der Waals surface area contributed by atoms with E-state index >= 15 is 0 Å². The van der Waals surface area contributed by atoms with Crippen molar-refractivity contribution in [3.8, 4) is 0 Å². The van der Waals surface area contributed by atoms with Crippen LogP contribution in [-0.4, -0.2) is 27.7 Å². The summed E-state index contributed by atoms with van der Waals surface area (Å²) in [5.74, 6) is -0.122. The lowest BCUT2D eigenvalue weighted by Crippen LogP contribution is -2.21. The van der Waals surface area contributed by atoms with Crippen molar-refractivity contribution in [1.82, 2.24) is 0 Å². The van der Waals surface area contributed by atoms with Gasteiger partial charge in [-0.1, -0.05) is 45.4 Å². The highest BCUT2D eigenvalue weighted by Gasteiger charge is 2.40. The molecule has 1 aliphatic carbocycles. The minimum atomic E-state index is -0.847. The molecular formula is C21H33ClO3S. The van der Waals surface area contributed by atoms with Gasteiger partial charge >= 0.3 is 5.97 Å². The smallest absolute Gasteiger partial charge is 0.345 e. The van der Waals surface area contributed by atoms with E-state index < -0.39 is 5.97 Å². The summed E-state index contributed by atoms with van der Waals surface area (Å²) in [6.07, 6.45) is 12.2. The Kier molecular flexibility index (Phi) is 9.44. The van der Waals surface area contributed by atoms with Gasteiger partial charge in [0.25, 0.3) is 0 Å². The van der Waals surface area contributed by atoms with Crippen molar-refractivity contribution in [2.24, 2.45) is 11.8 Å². The van der Waals surface area contributed by atoms with Crippen LogP contribution >= 0.6 is 22.9 Å². The van der Waals surface area contributed by atoms with E-state index in [1.54, 1.807) is 6.07 Å². The molecule has 3 nitrogen and oxygen atoms in total. The quantitative estimate of drug-likeness (QED) is 0.328. The van der Waals surface area contributed by atoms with Gasteiger partial charge in [0.05, 0.1) is 6.10 Å². The number of hydrogen-bond donors (Lipinski definition) is 2. The highest BCUT2D eigenvalue weighted by Crippen LogP contribution is 2.42. The van der Waals surface area contributed by atoms with Crippen molar-refractivity contribution >= 4 is 28.9 Å². The standard InChI is InChI=1S/C21H33ClO3S/c1-2-3-4-5-6-7-10-17-16(18(22)14-19(17)23)11-8-9-15-12-13-20(26-15)21(24)25/h12-13,16-19,23H,2-11,14H2,1H3,(H,24,25)/t16-,17?,18?,19-/m1/s1. The summed E-state index contributed by atoms with van der Waals surface area (Å²) in [6, 6.07) is 3.61. The molecular weight excluding hydrogens is 368 g/mol. The fraction of sp³-hybridized carbons (Fsp3) is 0.762. The van der Waals surface area contributed by atoms with Crippen LogP contribution in [0.3, 0.4) is 0 Å². The molecule has 0 spiro atoms. The van der Waals surface area contributed by atoms with E-state index in [1.807, 2.05) is 6.07 Å². The van der Waals surface area contributed by atoms with Gasteiger partial charge in [-0.05, 0) is 56.1 Å². The Morgan fingerprint density at radius 3 is 2.50 bits per heavy atom. The lowest BCUT2D eigenvalue weighted by atomic mass is 9.85. The first-order valence-corrected chi connectivity index (χ1v) is 11.4. The predicted molar refractivity (Wildman–Crippen MR) is 109 cm³/mol. The zero-order valence-electron chi connectivity index (χ0n) is 15.8. The Hall–Kier alpha value is -0.580. The topological polar surface area (TPSA) is 57.5 Å². The number of aliphatic hydroxyl groups is 1. The molecule has 148 valence electrons. The number of thiophene rings is 1. The summed E-state index contributed by atoms with van der Waals surface area (Å²) in [7, 11) is 0. The molecule has 1 heterocycles. The first-order valence-electron chi connectivity index (χ1n) is 10.2. The predicted octanol–water partition coefficient (Wildman–Crippen LogP) is 6.12. The van der Waals surface area contributed by atoms with Gasteiger partial charge in [0.2, 0.25) is 0 Å². The minimum Gasteiger partial charge on any atom is -0.477 e. The number of alkyl halides is 1. The van der Waals surface area contributed by atoms with Crippen molar-refractivity contribution in [3.63, 3.8) is 0 Å². The Morgan fingerprint density at radius 1 is 1.12 bits per heavy atom. The molecule has 1 saturated carbocycles. The van der Waals surface area contributed by atoms with Gasteiger partial charge in [0, 0.05) is 10.3 Å². The molecule has 1 aromatic heterocycles. The number of aryl methyl sites for hydroxylation is 1. The Labute approximate surface area is 166 Å². The van der Waals surface area contributed by atoms with Gasteiger partial charge < -0.3 is 10.2 Å².